The van der Waals surface area contributed by atoms with Crippen LogP contribution in [0, 0.1) is 0 Å². The molecule has 2 N–H and O–H groups in total. The van der Waals surface area contributed by atoms with Crippen molar-refractivity contribution < 1.29 is 0 Å². The molecule has 3 nitrogen and oxygen atoms in total. The quantitative estimate of drug-likeness (QED) is 0.886. The van der Waals surface area contributed by atoms with Crippen LogP contribution in [0.3, 0.4) is 0 Å². The van der Waals surface area contributed by atoms with Crippen LogP contribution in [0.2, 0.25) is 5.02 Å². The lowest BCUT2D eigenvalue weighted by Gasteiger charge is -2.11. The molecule has 0 saturated carbocycles. The lowest BCUT2D eigenvalue weighted by molar-refractivity contribution is 0.713. The molecule has 1 atom stereocenters. The van der Waals surface area contributed by atoms with Crippen LogP contribution < -0.4 is 5.73 Å². The molecular formula is C12H12ClN3. The second-order valence-corrected chi connectivity index (χ2v) is 3.98. The molecule has 0 aliphatic carbocycles. The van der Waals surface area contributed by atoms with Crippen molar-refractivity contribution in [2.45, 2.75) is 12.5 Å². The van der Waals surface area contributed by atoms with E-state index in [0.29, 0.717) is 6.42 Å². The molecule has 1 aromatic carbocycles. The topological polar surface area (TPSA) is 51.8 Å². The van der Waals surface area contributed by atoms with Crippen molar-refractivity contribution in [3.8, 4) is 0 Å². The van der Waals surface area contributed by atoms with Crippen molar-refractivity contribution in [2.75, 3.05) is 0 Å². The number of hydrogen-bond acceptors (Lipinski definition) is 3. The Balaban J connectivity index is 2.14. The summed E-state index contributed by atoms with van der Waals surface area (Å²) in [6, 6.07) is 7.58. The molecule has 2 aromatic rings. The first-order valence-electron chi connectivity index (χ1n) is 5.01. The van der Waals surface area contributed by atoms with Gasteiger partial charge in [0.1, 0.15) is 6.33 Å². The summed E-state index contributed by atoms with van der Waals surface area (Å²) in [4.78, 5) is 7.89. The second kappa shape index (κ2) is 5.05. The zero-order valence-corrected chi connectivity index (χ0v) is 9.43. The molecule has 1 unspecified atom stereocenters. The summed E-state index contributed by atoms with van der Waals surface area (Å²) < 4.78 is 0. The van der Waals surface area contributed by atoms with Crippen LogP contribution in [0.25, 0.3) is 0 Å². The van der Waals surface area contributed by atoms with Crippen LogP contribution in [-0.2, 0) is 6.42 Å². The Labute approximate surface area is 99.3 Å². The molecule has 0 aliphatic heterocycles. The number of aromatic nitrogens is 2. The molecule has 0 spiro atoms. The minimum Gasteiger partial charge on any atom is -0.324 e. The molecule has 0 aliphatic rings. The van der Waals surface area contributed by atoms with Crippen molar-refractivity contribution in [2.24, 2.45) is 5.73 Å². The van der Waals surface area contributed by atoms with Crippen molar-refractivity contribution in [3.05, 3.63) is 59.1 Å². The molecule has 0 amide bonds. The number of halogens is 1. The Bertz CT molecular complexity index is 459. The monoisotopic (exact) mass is 233 g/mol. The summed E-state index contributed by atoms with van der Waals surface area (Å²) in [5, 5.41) is 0.745. The van der Waals surface area contributed by atoms with Gasteiger partial charge in [-0.15, -0.1) is 0 Å². The summed E-state index contributed by atoms with van der Waals surface area (Å²) in [5.41, 5.74) is 8.02. The van der Waals surface area contributed by atoms with Gasteiger partial charge in [0.05, 0.1) is 0 Å². The highest BCUT2D eigenvalue weighted by Gasteiger charge is 2.09. The zero-order chi connectivity index (χ0) is 11.4. The Morgan fingerprint density at radius 1 is 1.19 bits per heavy atom. The van der Waals surface area contributed by atoms with E-state index in [1.54, 1.807) is 12.4 Å². The number of hydrogen-bond donors (Lipinski definition) is 1. The first kappa shape index (κ1) is 11.0. The minimum absolute atomic E-state index is 0.124. The highest BCUT2D eigenvalue weighted by molar-refractivity contribution is 6.31. The van der Waals surface area contributed by atoms with Crippen LogP contribution in [0.5, 0.6) is 0 Å². The van der Waals surface area contributed by atoms with Crippen molar-refractivity contribution in [1.82, 2.24) is 9.97 Å². The summed E-state index contributed by atoms with van der Waals surface area (Å²) >= 11 is 6.07. The van der Waals surface area contributed by atoms with E-state index in [2.05, 4.69) is 9.97 Å². The summed E-state index contributed by atoms with van der Waals surface area (Å²) in [6.07, 6.45) is 5.64. The normalized spacial score (nSPS) is 12.4. The van der Waals surface area contributed by atoms with E-state index in [0.717, 1.165) is 16.1 Å². The van der Waals surface area contributed by atoms with Gasteiger partial charge in [-0.1, -0.05) is 29.8 Å². The lowest BCUT2D eigenvalue weighted by Crippen LogP contribution is -2.14. The Morgan fingerprint density at radius 3 is 2.56 bits per heavy atom. The fourth-order valence-corrected chi connectivity index (χ4v) is 1.73. The second-order valence-electron chi connectivity index (χ2n) is 3.57. The molecule has 0 saturated heterocycles. The minimum atomic E-state index is -0.124. The lowest BCUT2D eigenvalue weighted by atomic mass is 10.0. The SMILES string of the molecule is NC(Cc1ccccc1Cl)c1cncnc1. The average Bonchev–Trinajstić information content (AvgIpc) is 2.33. The van der Waals surface area contributed by atoms with E-state index in [1.807, 2.05) is 24.3 Å². The summed E-state index contributed by atoms with van der Waals surface area (Å²) in [6.45, 7) is 0. The number of nitrogens with two attached hydrogens (primary N) is 1. The Hall–Kier alpha value is -1.45. The fourth-order valence-electron chi connectivity index (χ4n) is 1.52. The zero-order valence-electron chi connectivity index (χ0n) is 8.68. The molecule has 16 heavy (non-hydrogen) atoms. The standard InChI is InChI=1S/C12H12ClN3/c13-11-4-2-1-3-9(11)5-12(14)10-6-15-8-16-7-10/h1-4,6-8,12H,5,14H2. The van der Waals surface area contributed by atoms with Gasteiger partial charge in [-0.05, 0) is 18.1 Å². The van der Waals surface area contributed by atoms with Crippen LogP contribution in [0.4, 0.5) is 0 Å². The number of benzene rings is 1. The van der Waals surface area contributed by atoms with E-state index >= 15 is 0 Å². The Morgan fingerprint density at radius 2 is 1.88 bits per heavy atom. The van der Waals surface area contributed by atoms with Crippen molar-refractivity contribution in [3.63, 3.8) is 0 Å². The van der Waals surface area contributed by atoms with E-state index in [-0.39, 0.29) is 6.04 Å². The van der Waals surface area contributed by atoms with Gasteiger partial charge in [0, 0.05) is 29.0 Å². The number of nitrogens with zero attached hydrogens (tertiary/aromatic N) is 2. The van der Waals surface area contributed by atoms with Gasteiger partial charge in [-0.25, -0.2) is 9.97 Å². The third kappa shape index (κ3) is 2.56. The van der Waals surface area contributed by atoms with Gasteiger partial charge in [0.15, 0.2) is 0 Å². The molecule has 1 aromatic heterocycles. The predicted octanol–water partition coefficient (Wildman–Crippen LogP) is 2.37. The Kier molecular flexibility index (Phi) is 3.49. The molecule has 82 valence electrons. The molecule has 2 rings (SSSR count). The smallest absolute Gasteiger partial charge is 0.115 e. The maximum atomic E-state index is 6.07. The predicted molar refractivity (Wildman–Crippen MR) is 64.1 cm³/mol. The van der Waals surface area contributed by atoms with Crippen molar-refractivity contribution in [1.29, 1.82) is 0 Å². The number of rotatable bonds is 3. The van der Waals surface area contributed by atoms with E-state index in [1.165, 1.54) is 6.33 Å². The highest BCUT2D eigenvalue weighted by Crippen LogP contribution is 2.20. The molecule has 0 radical (unpaired) electrons. The van der Waals surface area contributed by atoms with Crippen molar-refractivity contribution >= 4 is 11.6 Å². The molecule has 0 fully saturated rings. The largest absolute Gasteiger partial charge is 0.324 e. The van der Waals surface area contributed by atoms with Crippen LogP contribution in [-0.4, -0.2) is 9.97 Å². The average molecular weight is 234 g/mol. The first-order valence-corrected chi connectivity index (χ1v) is 5.39. The summed E-state index contributed by atoms with van der Waals surface area (Å²) in [5.74, 6) is 0. The van der Waals surface area contributed by atoms with Gasteiger partial charge in [0.25, 0.3) is 0 Å². The van der Waals surface area contributed by atoms with Gasteiger partial charge in [-0.3, -0.25) is 0 Å². The van der Waals surface area contributed by atoms with E-state index in [4.69, 9.17) is 17.3 Å². The summed E-state index contributed by atoms with van der Waals surface area (Å²) in [7, 11) is 0. The molecule has 4 heteroatoms. The van der Waals surface area contributed by atoms with Gasteiger partial charge in [-0.2, -0.15) is 0 Å². The third-order valence-electron chi connectivity index (χ3n) is 2.41. The fraction of sp³-hybridized carbons (Fsp3) is 0.167. The molecular weight excluding hydrogens is 222 g/mol. The third-order valence-corrected chi connectivity index (χ3v) is 2.78. The highest BCUT2D eigenvalue weighted by atomic mass is 35.5. The van der Waals surface area contributed by atoms with Crippen LogP contribution in [0.15, 0.2) is 43.0 Å². The maximum absolute atomic E-state index is 6.07. The van der Waals surface area contributed by atoms with Crippen LogP contribution >= 0.6 is 11.6 Å². The van der Waals surface area contributed by atoms with Gasteiger partial charge in [0.2, 0.25) is 0 Å². The molecule has 1 heterocycles. The van der Waals surface area contributed by atoms with Gasteiger partial charge < -0.3 is 5.73 Å². The van der Waals surface area contributed by atoms with E-state index in [9.17, 15) is 0 Å². The van der Waals surface area contributed by atoms with E-state index < -0.39 is 0 Å². The first-order chi connectivity index (χ1) is 7.77. The van der Waals surface area contributed by atoms with Crippen LogP contribution in [0.1, 0.15) is 17.2 Å². The maximum Gasteiger partial charge on any atom is 0.115 e. The molecule has 0 bridgehead atoms. The van der Waals surface area contributed by atoms with Gasteiger partial charge >= 0.3 is 0 Å².